The Bertz CT molecular complexity index is 1510. The van der Waals surface area contributed by atoms with E-state index >= 15 is 0 Å². The highest BCUT2D eigenvalue weighted by atomic mass is 79.9. The molecule has 0 fully saturated rings. The molecule has 0 unspecified atom stereocenters. The van der Waals surface area contributed by atoms with Crippen molar-refractivity contribution >= 4 is 59.3 Å². The van der Waals surface area contributed by atoms with Gasteiger partial charge in [-0.25, -0.2) is 0 Å². The number of halogens is 1. The summed E-state index contributed by atoms with van der Waals surface area (Å²) in [7, 11) is 0. The Kier molecular flexibility index (Phi) is 3.38. The zero-order chi connectivity index (χ0) is 18.7. The van der Waals surface area contributed by atoms with Gasteiger partial charge in [-0.1, -0.05) is 82.7 Å². The van der Waals surface area contributed by atoms with Gasteiger partial charge < -0.3 is 4.57 Å². The Morgan fingerprint density at radius 2 is 1.25 bits per heavy atom. The van der Waals surface area contributed by atoms with Crippen molar-refractivity contribution in [3.05, 3.63) is 102 Å². The fourth-order valence-electron chi connectivity index (χ4n) is 4.46. The fraction of sp³-hybridized carbons (Fsp3) is 0. The van der Waals surface area contributed by atoms with Gasteiger partial charge in [0.1, 0.15) is 0 Å². The second-order valence-corrected chi connectivity index (χ2v) is 8.00. The lowest BCUT2D eigenvalue weighted by molar-refractivity contribution is 1.18. The van der Waals surface area contributed by atoms with E-state index in [0.29, 0.717) is 0 Å². The van der Waals surface area contributed by atoms with Gasteiger partial charge in [-0.3, -0.25) is 0 Å². The zero-order valence-electron chi connectivity index (χ0n) is 15.1. The molecule has 1 aromatic heterocycles. The molecule has 0 saturated carbocycles. The maximum atomic E-state index is 3.73. The molecule has 0 saturated heterocycles. The third-order valence-electron chi connectivity index (χ3n) is 5.64. The predicted molar refractivity (Wildman–Crippen MR) is 123 cm³/mol. The molecule has 0 amide bonds. The van der Waals surface area contributed by atoms with Gasteiger partial charge in [-0.05, 0) is 51.9 Å². The molecule has 6 rings (SSSR count). The molecule has 5 aromatic carbocycles. The van der Waals surface area contributed by atoms with Crippen molar-refractivity contribution in [1.82, 2.24) is 4.57 Å². The average molecular weight is 422 g/mol. The van der Waals surface area contributed by atoms with E-state index in [1.807, 2.05) is 0 Å². The van der Waals surface area contributed by atoms with E-state index in [4.69, 9.17) is 0 Å². The highest BCUT2D eigenvalue weighted by molar-refractivity contribution is 9.10. The Morgan fingerprint density at radius 3 is 2.14 bits per heavy atom. The molecule has 0 atom stereocenters. The van der Waals surface area contributed by atoms with Crippen LogP contribution in [0, 0.1) is 0 Å². The molecule has 0 aliphatic heterocycles. The van der Waals surface area contributed by atoms with Crippen molar-refractivity contribution in [3.8, 4) is 5.69 Å². The van der Waals surface area contributed by atoms with Crippen LogP contribution in [0.25, 0.3) is 49.0 Å². The van der Waals surface area contributed by atoms with E-state index in [9.17, 15) is 0 Å². The molecule has 0 bridgehead atoms. The second kappa shape index (κ2) is 5.95. The SMILES string of the molecule is Brc1cccc2c1ccc1ccc3c(c4ccccc4n3-c3ccccc3)c12. The maximum Gasteiger partial charge on any atom is 0.0547 e. The number of fused-ring (bicyclic) bond motifs is 7. The molecule has 28 heavy (non-hydrogen) atoms. The second-order valence-electron chi connectivity index (χ2n) is 7.15. The van der Waals surface area contributed by atoms with Crippen LogP contribution in [0.15, 0.2) is 102 Å². The average Bonchev–Trinajstić information content (AvgIpc) is 3.09. The van der Waals surface area contributed by atoms with E-state index in [2.05, 4.69) is 118 Å². The molecular weight excluding hydrogens is 406 g/mol. The van der Waals surface area contributed by atoms with Crippen LogP contribution in [0.2, 0.25) is 0 Å². The summed E-state index contributed by atoms with van der Waals surface area (Å²) < 4.78 is 3.51. The molecule has 0 aliphatic carbocycles. The number of para-hydroxylation sites is 2. The molecule has 2 heteroatoms. The topological polar surface area (TPSA) is 4.93 Å². The summed E-state index contributed by atoms with van der Waals surface area (Å²) in [5, 5.41) is 7.74. The van der Waals surface area contributed by atoms with Crippen LogP contribution in [0.4, 0.5) is 0 Å². The number of aromatic nitrogens is 1. The lowest BCUT2D eigenvalue weighted by atomic mass is 9.97. The lowest BCUT2D eigenvalue weighted by Crippen LogP contribution is -1.92. The molecule has 6 aromatic rings. The van der Waals surface area contributed by atoms with E-state index in [0.717, 1.165) is 4.47 Å². The standard InChI is InChI=1S/C26H16BrN/c27-22-11-6-10-20-19(22)15-13-17-14-16-24-26(25(17)20)21-9-4-5-12-23(21)28(24)18-7-2-1-3-8-18/h1-16H. The smallest absolute Gasteiger partial charge is 0.0547 e. The minimum absolute atomic E-state index is 1.13. The van der Waals surface area contributed by atoms with Gasteiger partial charge in [0.25, 0.3) is 0 Å². The first-order valence-corrected chi connectivity index (χ1v) is 10.2. The third-order valence-corrected chi connectivity index (χ3v) is 6.33. The van der Waals surface area contributed by atoms with Crippen molar-refractivity contribution in [2.24, 2.45) is 0 Å². The Morgan fingerprint density at radius 1 is 0.500 bits per heavy atom. The van der Waals surface area contributed by atoms with Crippen molar-refractivity contribution in [2.75, 3.05) is 0 Å². The number of rotatable bonds is 1. The monoisotopic (exact) mass is 421 g/mol. The minimum Gasteiger partial charge on any atom is -0.309 e. The predicted octanol–water partition coefficient (Wildman–Crippen LogP) is 7.85. The van der Waals surface area contributed by atoms with Crippen molar-refractivity contribution in [1.29, 1.82) is 0 Å². The van der Waals surface area contributed by atoms with E-state index in [1.54, 1.807) is 0 Å². The first-order chi connectivity index (χ1) is 13.8. The first kappa shape index (κ1) is 15.9. The zero-order valence-corrected chi connectivity index (χ0v) is 16.6. The van der Waals surface area contributed by atoms with Crippen molar-refractivity contribution in [2.45, 2.75) is 0 Å². The van der Waals surface area contributed by atoms with Gasteiger partial charge in [-0.2, -0.15) is 0 Å². The highest BCUT2D eigenvalue weighted by Crippen LogP contribution is 2.40. The van der Waals surface area contributed by atoms with Crippen LogP contribution in [0.5, 0.6) is 0 Å². The maximum absolute atomic E-state index is 3.73. The van der Waals surface area contributed by atoms with Gasteiger partial charge in [0.15, 0.2) is 0 Å². The molecule has 0 spiro atoms. The van der Waals surface area contributed by atoms with Gasteiger partial charge in [0.2, 0.25) is 0 Å². The van der Waals surface area contributed by atoms with E-state index < -0.39 is 0 Å². The quantitative estimate of drug-likeness (QED) is 0.238. The molecule has 1 heterocycles. The molecule has 132 valence electrons. The van der Waals surface area contributed by atoms with Gasteiger partial charge >= 0.3 is 0 Å². The van der Waals surface area contributed by atoms with Crippen LogP contribution < -0.4 is 0 Å². The van der Waals surface area contributed by atoms with Crippen molar-refractivity contribution in [3.63, 3.8) is 0 Å². The number of hydrogen-bond acceptors (Lipinski definition) is 0. The normalized spacial score (nSPS) is 11.8. The highest BCUT2D eigenvalue weighted by Gasteiger charge is 2.16. The third kappa shape index (κ3) is 2.12. The molecule has 0 radical (unpaired) electrons. The number of hydrogen-bond donors (Lipinski definition) is 0. The Balaban J connectivity index is 1.93. The van der Waals surface area contributed by atoms with Crippen LogP contribution in [0.1, 0.15) is 0 Å². The number of benzene rings is 5. The first-order valence-electron chi connectivity index (χ1n) is 9.41. The molecule has 1 nitrogen and oxygen atoms in total. The van der Waals surface area contributed by atoms with Crippen LogP contribution in [-0.2, 0) is 0 Å². The number of nitrogens with zero attached hydrogens (tertiary/aromatic N) is 1. The van der Waals surface area contributed by atoms with Crippen molar-refractivity contribution < 1.29 is 0 Å². The lowest BCUT2D eigenvalue weighted by Gasteiger charge is -2.10. The summed E-state index contributed by atoms with van der Waals surface area (Å²) in [5.74, 6) is 0. The molecule has 0 N–H and O–H groups in total. The Labute approximate surface area is 171 Å². The summed E-state index contributed by atoms with van der Waals surface area (Å²) in [6, 6.07) is 34.8. The molecular formula is C26H16BrN. The largest absolute Gasteiger partial charge is 0.309 e. The molecule has 0 aliphatic rings. The van der Waals surface area contributed by atoms with Crippen LogP contribution in [-0.4, -0.2) is 4.57 Å². The van der Waals surface area contributed by atoms with Gasteiger partial charge in [0.05, 0.1) is 11.0 Å². The van der Waals surface area contributed by atoms with Crippen LogP contribution in [0.3, 0.4) is 0 Å². The minimum atomic E-state index is 1.13. The summed E-state index contributed by atoms with van der Waals surface area (Å²) >= 11 is 3.73. The summed E-state index contributed by atoms with van der Waals surface area (Å²) in [6.07, 6.45) is 0. The summed E-state index contributed by atoms with van der Waals surface area (Å²) in [5.41, 5.74) is 3.67. The Hall–Kier alpha value is -3.10. The fourth-order valence-corrected chi connectivity index (χ4v) is 4.96. The summed E-state index contributed by atoms with van der Waals surface area (Å²) in [4.78, 5) is 0. The van der Waals surface area contributed by atoms with Gasteiger partial charge in [-0.15, -0.1) is 0 Å². The van der Waals surface area contributed by atoms with E-state index in [-0.39, 0.29) is 0 Å². The van der Waals surface area contributed by atoms with Crippen LogP contribution >= 0.6 is 15.9 Å². The van der Waals surface area contributed by atoms with E-state index in [1.165, 1.54) is 49.0 Å². The summed E-state index contributed by atoms with van der Waals surface area (Å²) in [6.45, 7) is 0. The van der Waals surface area contributed by atoms with Gasteiger partial charge in [0, 0.05) is 20.9 Å².